The number of halogens is 2. The standard InChI is InChI=1S/C15H15Cl2NS2/c16-11-1-2-12(17)9(5-11)6-13(18)15-7-10-8-19-4-3-14(10)20-15/h1-2,5,7,13H,3-4,6,8,18H2. The highest BCUT2D eigenvalue weighted by Crippen LogP contribution is 2.35. The van der Waals surface area contributed by atoms with Crippen molar-refractivity contribution in [1.29, 1.82) is 0 Å². The largest absolute Gasteiger partial charge is 0.323 e. The summed E-state index contributed by atoms with van der Waals surface area (Å²) < 4.78 is 0. The van der Waals surface area contributed by atoms with E-state index in [4.69, 9.17) is 28.9 Å². The van der Waals surface area contributed by atoms with Gasteiger partial charge in [0, 0.05) is 31.6 Å². The van der Waals surface area contributed by atoms with Gasteiger partial charge in [-0.3, -0.25) is 0 Å². The second kappa shape index (κ2) is 6.29. The molecular weight excluding hydrogens is 329 g/mol. The van der Waals surface area contributed by atoms with E-state index >= 15 is 0 Å². The van der Waals surface area contributed by atoms with Gasteiger partial charge in [-0.1, -0.05) is 23.2 Å². The zero-order chi connectivity index (χ0) is 14.1. The first-order valence-corrected chi connectivity index (χ1v) is 9.25. The molecule has 1 aliphatic heterocycles. The van der Waals surface area contributed by atoms with Gasteiger partial charge in [-0.25, -0.2) is 0 Å². The van der Waals surface area contributed by atoms with Gasteiger partial charge in [0.25, 0.3) is 0 Å². The number of hydrogen-bond acceptors (Lipinski definition) is 3. The highest BCUT2D eigenvalue weighted by molar-refractivity contribution is 7.98. The van der Waals surface area contributed by atoms with Crippen molar-refractivity contribution >= 4 is 46.3 Å². The van der Waals surface area contributed by atoms with Crippen LogP contribution in [0.15, 0.2) is 24.3 Å². The highest BCUT2D eigenvalue weighted by Gasteiger charge is 2.18. The van der Waals surface area contributed by atoms with Gasteiger partial charge in [0.15, 0.2) is 0 Å². The summed E-state index contributed by atoms with van der Waals surface area (Å²) in [6.07, 6.45) is 1.90. The Morgan fingerprint density at radius 2 is 2.10 bits per heavy atom. The lowest BCUT2D eigenvalue weighted by molar-refractivity contribution is 0.736. The summed E-state index contributed by atoms with van der Waals surface area (Å²) in [6, 6.07) is 7.82. The molecule has 0 amide bonds. The molecule has 0 radical (unpaired) electrons. The van der Waals surface area contributed by atoms with Crippen LogP contribution in [-0.2, 0) is 18.6 Å². The van der Waals surface area contributed by atoms with E-state index in [0.717, 1.165) is 22.8 Å². The van der Waals surface area contributed by atoms with E-state index in [0.29, 0.717) is 5.02 Å². The van der Waals surface area contributed by atoms with E-state index in [-0.39, 0.29) is 6.04 Å². The average Bonchev–Trinajstić information content (AvgIpc) is 2.87. The Morgan fingerprint density at radius 3 is 2.90 bits per heavy atom. The smallest absolute Gasteiger partial charge is 0.0439 e. The van der Waals surface area contributed by atoms with E-state index in [9.17, 15) is 0 Å². The van der Waals surface area contributed by atoms with Crippen molar-refractivity contribution in [3.63, 3.8) is 0 Å². The SMILES string of the molecule is NC(Cc1cc(Cl)ccc1Cl)c1cc2c(s1)CCSC2. The minimum Gasteiger partial charge on any atom is -0.323 e. The third kappa shape index (κ3) is 3.18. The van der Waals surface area contributed by atoms with Crippen LogP contribution in [0.4, 0.5) is 0 Å². The Bertz CT molecular complexity index is 601. The number of hydrogen-bond donors (Lipinski definition) is 1. The molecule has 0 saturated carbocycles. The topological polar surface area (TPSA) is 26.0 Å². The van der Waals surface area contributed by atoms with Gasteiger partial charge in [0.2, 0.25) is 0 Å². The number of thiophene rings is 1. The van der Waals surface area contributed by atoms with Gasteiger partial charge in [0.05, 0.1) is 0 Å². The lowest BCUT2D eigenvalue weighted by atomic mass is 10.0. The molecule has 2 aromatic rings. The molecule has 2 heterocycles. The second-order valence-electron chi connectivity index (χ2n) is 4.95. The lowest BCUT2D eigenvalue weighted by Gasteiger charge is -2.11. The molecule has 1 aromatic heterocycles. The van der Waals surface area contributed by atoms with E-state index in [1.807, 2.05) is 35.2 Å². The maximum Gasteiger partial charge on any atom is 0.0439 e. The molecule has 20 heavy (non-hydrogen) atoms. The molecule has 0 fully saturated rings. The average molecular weight is 344 g/mol. The molecule has 0 bridgehead atoms. The van der Waals surface area contributed by atoms with Crippen LogP contribution in [0.3, 0.4) is 0 Å². The van der Waals surface area contributed by atoms with Crippen LogP contribution in [-0.4, -0.2) is 5.75 Å². The normalized spacial score (nSPS) is 15.9. The molecule has 3 rings (SSSR count). The fourth-order valence-corrected chi connectivity index (χ4v) is 5.16. The summed E-state index contributed by atoms with van der Waals surface area (Å²) in [5.41, 5.74) is 8.85. The predicted molar refractivity (Wildman–Crippen MR) is 91.3 cm³/mol. The van der Waals surface area contributed by atoms with Gasteiger partial charge in [0.1, 0.15) is 0 Å². The Balaban J connectivity index is 1.80. The summed E-state index contributed by atoms with van der Waals surface area (Å²) in [6.45, 7) is 0. The number of rotatable bonds is 3. The van der Waals surface area contributed by atoms with Gasteiger partial charge < -0.3 is 5.73 Å². The molecule has 5 heteroatoms. The lowest BCUT2D eigenvalue weighted by Crippen LogP contribution is -2.12. The molecule has 1 aromatic carbocycles. The van der Waals surface area contributed by atoms with Gasteiger partial charge >= 0.3 is 0 Å². The number of thioether (sulfide) groups is 1. The Morgan fingerprint density at radius 1 is 1.25 bits per heavy atom. The second-order valence-corrected chi connectivity index (χ2v) is 8.06. The van der Waals surface area contributed by atoms with E-state index in [1.54, 1.807) is 6.07 Å². The summed E-state index contributed by atoms with van der Waals surface area (Å²) >= 11 is 16.1. The molecule has 2 N–H and O–H groups in total. The van der Waals surface area contributed by atoms with Crippen molar-refractivity contribution in [2.75, 3.05) is 5.75 Å². The van der Waals surface area contributed by atoms with Crippen molar-refractivity contribution in [3.05, 3.63) is 55.2 Å². The number of fused-ring (bicyclic) bond motifs is 1. The zero-order valence-electron chi connectivity index (χ0n) is 10.9. The monoisotopic (exact) mass is 343 g/mol. The number of aryl methyl sites for hydroxylation is 1. The molecule has 1 atom stereocenters. The fraction of sp³-hybridized carbons (Fsp3) is 0.333. The maximum absolute atomic E-state index is 6.36. The molecular formula is C15H15Cl2NS2. The molecule has 0 aliphatic carbocycles. The van der Waals surface area contributed by atoms with Crippen molar-refractivity contribution in [2.45, 2.75) is 24.6 Å². The first kappa shape index (κ1) is 14.7. The molecule has 1 nitrogen and oxygen atoms in total. The van der Waals surface area contributed by atoms with Crippen LogP contribution in [0.1, 0.15) is 26.9 Å². The molecule has 1 aliphatic rings. The van der Waals surface area contributed by atoms with E-state index < -0.39 is 0 Å². The van der Waals surface area contributed by atoms with Crippen LogP contribution in [0, 0.1) is 0 Å². The van der Waals surface area contributed by atoms with Crippen LogP contribution >= 0.6 is 46.3 Å². The van der Waals surface area contributed by atoms with Crippen LogP contribution in [0.5, 0.6) is 0 Å². The Kier molecular flexibility index (Phi) is 4.63. The maximum atomic E-state index is 6.36. The summed E-state index contributed by atoms with van der Waals surface area (Å²) in [5, 5.41) is 1.44. The quantitative estimate of drug-likeness (QED) is 0.840. The first-order chi connectivity index (χ1) is 9.63. The van der Waals surface area contributed by atoms with E-state index in [2.05, 4.69) is 6.07 Å². The van der Waals surface area contributed by atoms with Crippen molar-refractivity contribution in [1.82, 2.24) is 0 Å². The third-order valence-electron chi connectivity index (χ3n) is 3.46. The fourth-order valence-electron chi connectivity index (χ4n) is 2.39. The van der Waals surface area contributed by atoms with E-state index in [1.165, 1.54) is 27.5 Å². The first-order valence-electron chi connectivity index (χ1n) is 6.52. The Labute approximate surface area is 137 Å². The van der Waals surface area contributed by atoms with Crippen LogP contribution in [0.25, 0.3) is 0 Å². The molecule has 0 spiro atoms. The van der Waals surface area contributed by atoms with Crippen molar-refractivity contribution < 1.29 is 0 Å². The van der Waals surface area contributed by atoms with Crippen LogP contribution in [0.2, 0.25) is 10.0 Å². The van der Waals surface area contributed by atoms with Gasteiger partial charge in [-0.15, -0.1) is 11.3 Å². The molecule has 1 unspecified atom stereocenters. The minimum atomic E-state index is -0.00781. The van der Waals surface area contributed by atoms with Gasteiger partial charge in [-0.2, -0.15) is 11.8 Å². The summed E-state index contributed by atoms with van der Waals surface area (Å²) in [4.78, 5) is 2.76. The highest BCUT2D eigenvalue weighted by atomic mass is 35.5. The van der Waals surface area contributed by atoms with Crippen molar-refractivity contribution in [3.8, 4) is 0 Å². The minimum absolute atomic E-state index is 0.00781. The van der Waals surface area contributed by atoms with Crippen molar-refractivity contribution in [2.24, 2.45) is 5.73 Å². The van der Waals surface area contributed by atoms with Crippen LogP contribution < -0.4 is 5.73 Å². The number of nitrogens with two attached hydrogens (primary N) is 1. The zero-order valence-corrected chi connectivity index (χ0v) is 14.0. The molecule has 0 saturated heterocycles. The van der Waals surface area contributed by atoms with Gasteiger partial charge in [-0.05, 0) is 54.0 Å². The Hall–Kier alpha value is -0.190. The number of benzene rings is 1. The predicted octanol–water partition coefficient (Wildman–Crippen LogP) is 5.09. The third-order valence-corrected chi connectivity index (χ3v) is 6.44. The summed E-state index contributed by atoms with van der Waals surface area (Å²) in [7, 11) is 0. The summed E-state index contributed by atoms with van der Waals surface area (Å²) in [5.74, 6) is 2.35. The molecule has 106 valence electrons.